The monoisotopic (exact) mass is 458 g/mol. The van der Waals surface area contributed by atoms with Gasteiger partial charge in [0.15, 0.2) is 0 Å². The summed E-state index contributed by atoms with van der Waals surface area (Å²) in [6.45, 7) is 8.98. The van der Waals surface area contributed by atoms with Crippen LogP contribution in [0.3, 0.4) is 0 Å². The molecule has 170 valence electrons. The Labute approximate surface area is 200 Å². The fourth-order valence-electron chi connectivity index (χ4n) is 4.05. The zero-order valence-corrected chi connectivity index (χ0v) is 20.4. The highest BCUT2D eigenvalue weighted by Crippen LogP contribution is 2.42. The summed E-state index contributed by atoms with van der Waals surface area (Å²) >= 11 is 1.49. The van der Waals surface area contributed by atoms with E-state index in [9.17, 15) is 9.59 Å². The first kappa shape index (κ1) is 23.1. The minimum absolute atomic E-state index is 0.0161. The zero-order valence-electron chi connectivity index (χ0n) is 19.6. The van der Waals surface area contributed by atoms with Crippen molar-refractivity contribution >= 4 is 29.3 Å². The Morgan fingerprint density at radius 1 is 1.00 bits per heavy atom. The third-order valence-corrected chi connectivity index (χ3v) is 7.67. The number of anilines is 1. The van der Waals surface area contributed by atoms with Gasteiger partial charge >= 0.3 is 0 Å². The quantitative estimate of drug-likeness (QED) is 0.525. The molecule has 0 saturated heterocycles. The Hall–Kier alpha value is -3.05. The van der Waals surface area contributed by atoms with Gasteiger partial charge in [0, 0.05) is 11.4 Å². The molecule has 1 heterocycles. The van der Waals surface area contributed by atoms with Crippen LogP contribution in [-0.4, -0.2) is 17.1 Å². The van der Waals surface area contributed by atoms with Crippen molar-refractivity contribution in [3.05, 3.63) is 94.5 Å². The van der Waals surface area contributed by atoms with Gasteiger partial charge in [-0.3, -0.25) is 9.59 Å². The summed E-state index contributed by atoms with van der Waals surface area (Å²) < 4.78 is 0. The minimum atomic E-state index is -0.469. The Morgan fingerprint density at radius 2 is 1.70 bits per heavy atom. The molecule has 0 radical (unpaired) electrons. The molecule has 3 aromatic carbocycles. The van der Waals surface area contributed by atoms with Crippen molar-refractivity contribution < 1.29 is 9.59 Å². The largest absolute Gasteiger partial charge is 0.352 e. The molecular formula is C28H30N2O2S. The van der Waals surface area contributed by atoms with Crippen LogP contribution in [0, 0.1) is 26.7 Å². The van der Waals surface area contributed by atoms with Crippen molar-refractivity contribution in [1.29, 1.82) is 0 Å². The van der Waals surface area contributed by atoms with Crippen molar-refractivity contribution in [3.8, 4) is 0 Å². The van der Waals surface area contributed by atoms with Crippen LogP contribution >= 0.6 is 11.8 Å². The lowest BCUT2D eigenvalue weighted by Crippen LogP contribution is -2.47. The highest BCUT2D eigenvalue weighted by Gasteiger charge is 2.39. The Balaban J connectivity index is 1.55. The fraction of sp³-hybridized carbons (Fsp3) is 0.286. The maximum absolute atomic E-state index is 13.7. The summed E-state index contributed by atoms with van der Waals surface area (Å²) in [6, 6.07) is 22.4. The molecule has 0 fully saturated rings. The second kappa shape index (κ2) is 9.84. The first-order chi connectivity index (χ1) is 15.8. The number of thioether (sulfide) groups is 1. The first-order valence-electron chi connectivity index (χ1n) is 11.3. The predicted molar refractivity (Wildman–Crippen MR) is 135 cm³/mol. The van der Waals surface area contributed by atoms with E-state index in [4.69, 9.17) is 0 Å². The lowest BCUT2D eigenvalue weighted by molar-refractivity contribution is -0.128. The van der Waals surface area contributed by atoms with Crippen LogP contribution in [0.5, 0.6) is 0 Å². The molecule has 0 saturated carbocycles. The number of hydrogen-bond acceptors (Lipinski definition) is 3. The van der Waals surface area contributed by atoms with E-state index in [0.29, 0.717) is 13.1 Å². The highest BCUT2D eigenvalue weighted by molar-refractivity contribution is 8.01. The van der Waals surface area contributed by atoms with Crippen LogP contribution in [0.25, 0.3) is 0 Å². The number of carbonyl (C=O) groups is 2. The zero-order chi connectivity index (χ0) is 23.5. The first-order valence-corrected chi connectivity index (χ1v) is 12.2. The molecule has 4 nitrogen and oxygen atoms in total. The van der Waals surface area contributed by atoms with E-state index in [1.807, 2.05) is 67.3 Å². The number of nitrogens with zero attached hydrogens (tertiary/aromatic N) is 1. The summed E-state index contributed by atoms with van der Waals surface area (Å²) in [7, 11) is 0. The van der Waals surface area contributed by atoms with Crippen molar-refractivity contribution in [1.82, 2.24) is 5.32 Å². The van der Waals surface area contributed by atoms with Gasteiger partial charge in [0.2, 0.25) is 11.8 Å². The summed E-state index contributed by atoms with van der Waals surface area (Å²) in [5.41, 5.74) is 6.60. The lowest BCUT2D eigenvalue weighted by atomic mass is 10.0. The molecule has 1 aliphatic rings. The third kappa shape index (κ3) is 5.14. The molecule has 0 unspecified atom stereocenters. The number of carbonyl (C=O) groups excluding carboxylic acids is 2. The van der Waals surface area contributed by atoms with Crippen molar-refractivity contribution in [2.75, 3.05) is 4.90 Å². The fourth-order valence-corrected chi connectivity index (χ4v) is 5.34. The molecule has 2 amide bonds. The topological polar surface area (TPSA) is 49.4 Å². The molecule has 2 atom stereocenters. The van der Waals surface area contributed by atoms with Crippen LogP contribution in [0.15, 0.2) is 71.6 Å². The average Bonchev–Trinajstić information content (AvgIpc) is 2.81. The smallest absolute Gasteiger partial charge is 0.241 e. The summed E-state index contributed by atoms with van der Waals surface area (Å²) in [5.74, 6) is -0.576. The number of amides is 2. The molecule has 0 spiro atoms. The lowest BCUT2D eigenvalue weighted by Gasteiger charge is -2.36. The van der Waals surface area contributed by atoms with E-state index < -0.39 is 11.2 Å². The molecule has 1 aliphatic heterocycles. The average molecular weight is 459 g/mol. The molecule has 4 rings (SSSR count). The van der Waals surface area contributed by atoms with Gasteiger partial charge in [-0.15, -0.1) is 11.8 Å². The van der Waals surface area contributed by atoms with Gasteiger partial charge in [0.1, 0.15) is 5.25 Å². The Morgan fingerprint density at radius 3 is 2.45 bits per heavy atom. The normalized spacial score (nSPS) is 16.3. The van der Waals surface area contributed by atoms with E-state index in [2.05, 4.69) is 37.4 Å². The van der Waals surface area contributed by atoms with Gasteiger partial charge in [-0.25, -0.2) is 0 Å². The van der Waals surface area contributed by atoms with Crippen LogP contribution < -0.4 is 10.2 Å². The van der Waals surface area contributed by atoms with Crippen molar-refractivity contribution in [2.45, 2.75) is 50.9 Å². The Bertz CT molecular complexity index is 1170. The predicted octanol–water partition coefficient (Wildman–Crippen LogP) is 5.57. The van der Waals surface area contributed by atoms with Gasteiger partial charge in [0.25, 0.3) is 0 Å². The SMILES string of the molecule is Cc1ccc(CNC(=O)[C@@H](C)[C@@H]2Sc3ccccc3N(Cc3cc(C)ccc3C)C2=O)cc1. The number of aryl methyl sites for hydroxylation is 3. The van der Waals surface area contributed by atoms with E-state index in [0.717, 1.165) is 27.3 Å². The molecule has 0 bridgehead atoms. The van der Waals surface area contributed by atoms with E-state index in [1.54, 1.807) is 0 Å². The van der Waals surface area contributed by atoms with Gasteiger partial charge in [0.05, 0.1) is 18.2 Å². The number of fused-ring (bicyclic) bond motifs is 1. The van der Waals surface area contributed by atoms with Gasteiger partial charge in [-0.1, -0.05) is 72.6 Å². The third-order valence-electron chi connectivity index (χ3n) is 6.21. The maximum Gasteiger partial charge on any atom is 0.241 e. The number of benzene rings is 3. The minimum Gasteiger partial charge on any atom is -0.352 e. The molecule has 0 aromatic heterocycles. The van der Waals surface area contributed by atoms with E-state index in [-0.39, 0.29) is 11.8 Å². The van der Waals surface area contributed by atoms with Gasteiger partial charge < -0.3 is 10.2 Å². The van der Waals surface area contributed by atoms with Crippen LogP contribution in [-0.2, 0) is 22.7 Å². The summed E-state index contributed by atoms with van der Waals surface area (Å²) in [4.78, 5) is 29.6. The van der Waals surface area contributed by atoms with Crippen LogP contribution in [0.1, 0.15) is 34.7 Å². The molecule has 3 aromatic rings. The van der Waals surface area contributed by atoms with E-state index >= 15 is 0 Å². The molecular weight excluding hydrogens is 428 g/mol. The molecule has 1 N–H and O–H groups in total. The van der Waals surface area contributed by atoms with Crippen molar-refractivity contribution in [3.63, 3.8) is 0 Å². The number of nitrogens with one attached hydrogen (secondary N) is 1. The maximum atomic E-state index is 13.7. The second-order valence-electron chi connectivity index (χ2n) is 8.85. The summed E-state index contributed by atoms with van der Waals surface area (Å²) in [6.07, 6.45) is 0. The highest BCUT2D eigenvalue weighted by atomic mass is 32.2. The number of rotatable bonds is 6. The van der Waals surface area contributed by atoms with Gasteiger partial charge in [-0.05, 0) is 49.6 Å². The van der Waals surface area contributed by atoms with Crippen molar-refractivity contribution in [2.24, 2.45) is 5.92 Å². The van der Waals surface area contributed by atoms with Crippen LogP contribution in [0.4, 0.5) is 5.69 Å². The second-order valence-corrected chi connectivity index (χ2v) is 10.0. The standard InChI is InChI=1S/C28H30N2O2S/c1-18-10-13-22(14-11-18)16-29-27(31)21(4)26-28(32)30(24-7-5-6-8-25(24)33-26)17-23-15-19(2)9-12-20(23)3/h5-15,21,26H,16-17H2,1-4H3,(H,29,31)/t21-,26-/m0/s1. The summed E-state index contributed by atoms with van der Waals surface area (Å²) in [5, 5.41) is 2.55. The molecule has 5 heteroatoms. The van der Waals surface area contributed by atoms with Gasteiger partial charge in [-0.2, -0.15) is 0 Å². The molecule has 33 heavy (non-hydrogen) atoms. The number of hydrogen-bond donors (Lipinski definition) is 1. The van der Waals surface area contributed by atoms with E-state index in [1.165, 1.54) is 22.9 Å². The van der Waals surface area contributed by atoms with Crippen LogP contribution in [0.2, 0.25) is 0 Å². The number of para-hydroxylation sites is 1. The Kier molecular flexibility index (Phi) is 6.89. The molecule has 0 aliphatic carbocycles.